The van der Waals surface area contributed by atoms with Crippen molar-refractivity contribution in [1.29, 1.82) is 5.26 Å². The summed E-state index contributed by atoms with van der Waals surface area (Å²) in [5.74, 6) is 0.447. The topological polar surface area (TPSA) is 78.0 Å². The number of nitrogens with zero attached hydrogens (tertiary/aromatic N) is 3. The summed E-state index contributed by atoms with van der Waals surface area (Å²) < 4.78 is 5.48. The molecule has 0 bridgehead atoms. The van der Waals surface area contributed by atoms with E-state index in [1.54, 1.807) is 36.4 Å². The number of ether oxygens (including phenoxy) is 1. The summed E-state index contributed by atoms with van der Waals surface area (Å²) in [4.78, 5) is 0. The highest BCUT2D eigenvalue weighted by Gasteiger charge is 2.05. The maximum Gasteiger partial charge on any atom is 0.163 e. The van der Waals surface area contributed by atoms with Crippen molar-refractivity contribution in [2.75, 3.05) is 0 Å². The van der Waals surface area contributed by atoms with Crippen LogP contribution in [0.4, 0.5) is 11.4 Å². The van der Waals surface area contributed by atoms with Crippen molar-refractivity contribution < 1.29 is 9.84 Å². The Bertz CT molecular complexity index is 686. The number of rotatable bonds is 4. The Balaban J connectivity index is 2.18. The SMILES string of the molecule is CC(C)Oc1cc(N=Nc2ccc(C#N)cc2)ccc1O. The number of hydrogen-bond acceptors (Lipinski definition) is 5. The fraction of sp³-hybridized carbons (Fsp3) is 0.188. The van der Waals surface area contributed by atoms with E-state index < -0.39 is 0 Å². The molecule has 0 heterocycles. The number of phenols is 1. The molecule has 0 fully saturated rings. The van der Waals surface area contributed by atoms with Crippen LogP contribution in [0, 0.1) is 11.3 Å². The van der Waals surface area contributed by atoms with E-state index in [0.29, 0.717) is 22.7 Å². The molecule has 0 saturated carbocycles. The van der Waals surface area contributed by atoms with Gasteiger partial charge in [0.05, 0.1) is 29.1 Å². The van der Waals surface area contributed by atoms with E-state index in [1.807, 2.05) is 19.9 Å². The van der Waals surface area contributed by atoms with Gasteiger partial charge in [-0.1, -0.05) is 0 Å². The van der Waals surface area contributed by atoms with Gasteiger partial charge in [0, 0.05) is 6.07 Å². The molecule has 0 unspecified atom stereocenters. The molecule has 0 radical (unpaired) electrons. The average Bonchev–Trinajstić information content (AvgIpc) is 2.48. The van der Waals surface area contributed by atoms with Crippen LogP contribution >= 0.6 is 0 Å². The van der Waals surface area contributed by atoms with Crippen molar-refractivity contribution in [2.24, 2.45) is 10.2 Å². The Labute approximate surface area is 123 Å². The Hall–Kier alpha value is -2.87. The van der Waals surface area contributed by atoms with E-state index in [0.717, 1.165) is 0 Å². The van der Waals surface area contributed by atoms with Gasteiger partial charge in [-0.05, 0) is 50.2 Å². The molecule has 2 aromatic carbocycles. The number of phenolic OH excluding ortho intramolecular Hbond substituents is 1. The van der Waals surface area contributed by atoms with Gasteiger partial charge in [0.2, 0.25) is 0 Å². The van der Waals surface area contributed by atoms with Gasteiger partial charge in [0.25, 0.3) is 0 Å². The number of benzene rings is 2. The maximum atomic E-state index is 9.70. The van der Waals surface area contributed by atoms with Crippen molar-refractivity contribution in [3.8, 4) is 17.6 Å². The first kappa shape index (κ1) is 14.5. The second kappa shape index (κ2) is 6.53. The summed E-state index contributed by atoms with van der Waals surface area (Å²) in [6.07, 6.45) is -0.0402. The van der Waals surface area contributed by atoms with Gasteiger partial charge in [0.15, 0.2) is 11.5 Å². The van der Waals surface area contributed by atoms with Crippen LogP contribution in [0.5, 0.6) is 11.5 Å². The highest BCUT2D eigenvalue weighted by Crippen LogP contribution is 2.32. The number of hydrogen-bond donors (Lipinski definition) is 1. The monoisotopic (exact) mass is 281 g/mol. The first-order valence-corrected chi connectivity index (χ1v) is 6.50. The van der Waals surface area contributed by atoms with Gasteiger partial charge in [-0.2, -0.15) is 15.5 Å². The van der Waals surface area contributed by atoms with E-state index in [2.05, 4.69) is 10.2 Å². The zero-order valence-electron chi connectivity index (χ0n) is 11.8. The number of aromatic hydroxyl groups is 1. The Morgan fingerprint density at radius 3 is 2.29 bits per heavy atom. The van der Waals surface area contributed by atoms with Crippen molar-refractivity contribution in [1.82, 2.24) is 0 Å². The first-order chi connectivity index (χ1) is 10.1. The molecule has 21 heavy (non-hydrogen) atoms. The van der Waals surface area contributed by atoms with Crippen molar-refractivity contribution in [3.05, 3.63) is 48.0 Å². The van der Waals surface area contributed by atoms with Crippen LogP contribution in [-0.4, -0.2) is 11.2 Å². The molecular weight excluding hydrogens is 266 g/mol. The molecule has 5 heteroatoms. The fourth-order valence-corrected chi connectivity index (χ4v) is 1.63. The average molecular weight is 281 g/mol. The maximum absolute atomic E-state index is 9.70. The number of nitriles is 1. The smallest absolute Gasteiger partial charge is 0.163 e. The predicted molar refractivity (Wildman–Crippen MR) is 79.2 cm³/mol. The minimum absolute atomic E-state index is 0.0402. The van der Waals surface area contributed by atoms with Crippen LogP contribution in [0.1, 0.15) is 19.4 Å². The minimum Gasteiger partial charge on any atom is -0.504 e. The third kappa shape index (κ3) is 4.05. The summed E-state index contributed by atoms with van der Waals surface area (Å²) >= 11 is 0. The molecule has 0 aliphatic carbocycles. The third-order valence-electron chi connectivity index (χ3n) is 2.58. The molecule has 0 saturated heterocycles. The molecule has 5 nitrogen and oxygen atoms in total. The van der Waals surface area contributed by atoms with Gasteiger partial charge >= 0.3 is 0 Å². The van der Waals surface area contributed by atoms with E-state index >= 15 is 0 Å². The van der Waals surface area contributed by atoms with Crippen LogP contribution in [0.25, 0.3) is 0 Å². The normalized spacial score (nSPS) is 10.8. The van der Waals surface area contributed by atoms with Gasteiger partial charge in [0.1, 0.15) is 0 Å². The first-order valence-electron chi connectivity index (χ1n) is 6.50. The summed E-state index contributed by atoms with van der Waals surface area (Å²) in [5.41, 5.74) is 1.80. The molecule has 1 N–H and O–H groups in total. The van der Waals surface area contributed by atoms with E-state index in [1.165, 1.54) is 6.07 Å². The summed E-state index contributed by atoms with van der Waals surface area (Å²) in [6.45, 7) is 3.76. The van der Waals surface area contributed by atoms with Crippen LogP contribution in [0.3, 0.4) is 0 Å². The van der Waals surface area contributed by atoms with Crippen LogP contribution < -0.4 is 4.74 Å². The fourth-order valence-electron chi connectivity index (χ4n) is 1.63. The van der Waals surface area contributed by atoms with Crippen LogP contribution in [0.15, 0.2) is 52.7 Å². The van der Waals surface area contributed by atoms with Crippen LogP contribution in [0.2, 0.25) is 0 Å². The minimum atomic E-state index is -0.0402. The van der Waals surface area contributed by atoms with Crippen molar-refractivity contribution >= 4 is 11.4 Å². The lowest BCUT2D eigenvalue weighted by molar-refractivity contribution is 0.232. The standard InChI is InChI=1S/C16H15N3O2/c1-11(2)21-16-9-14(7-8-15(16)20)19-18-13-5-3-12(10-17)4-6-13/h3-9,11,20H,1-2H3. The Kier molecular flexibility index (Phi) is 4.52. The van der Waals surface area contributed by atoms with Gasteiger partial charge in [-0.3, -0.25) is 0 Å². The largest absolute Gasteiger partial charge is 0.504 e. The molecule has 0 aliphatic heterocycles. The molecular formula is C16H15N3O2. The summed E-state index contributed by atoms with van der Waals surface area (Å²) in [5, 5.41) is 26.6. The molecule has 0 aromatic heterocycles. The lowest BCUT2D eigenvalue weighted by Crippen LogP contribution is -2.05. The lowest BCUT2D eigenvalue weighted by Gasteiger charge is -2.11. The van der Waals surface area contributed by atoms with Crippen molar-refractivity contribution in [2.45, 2.75) is 20.0 Å². The van der Waals surface area contributed by atoms with Gasteiger partial charge < -0.3 is 9.84 Å². The zero-order valence-corrected chi connectivity index (χ0v) is 11.8. The molecule has 106 valence electrons. The molecule has 0 atom stereocenters. The Morgan fingerprint density at radius 1 is 1.05 bits per heavy atom. The molecule has 2 rings (SSSR count). The predicted octanol–water partition coefficient (Wildman–Crippen LogP) is 4.47. The molecule has 0 aliphatic rings. The zero-order chi connectivity index (χ0) is 15.2. The molecule has 0 amide bonds. The third-order valence-corrected chi connectivity index (χ3v) is 2.58. The second-order valence-electron chi connectivity index (χ2n) is 4.68. The molecule has 0 spiro atoms. The number of azo groups is 1. The summed E-state index contributed by atoms with van der Waals surface area (Å²) in [6, 6.07) is 13.6. The van der Waals surface area contributed by atoms with Gasteiger partial charge in [-0.15, -0.1) is 0 Å². The quantitative estimate of drug-likeness (QED) is 0.840. The highest BCUT2D eigenvalue weighted by molar-refractivity contribution is 5.51. The molecule has 2 aromatic rings. The van der Waals surface area contributed by atoms with E-state index in [4.69, 9.17) is 10.00 Å². The van der Waals surface area contributed by atoms with Crippen LogP contribution in [-0.2, 0) is 0 Å². The lowest BCUT2D eigenvalue weighted by atomic mass is 10.2. The van der Waals surface area contributed by atoms with E-state index in [9.17, 15) is 5.11 Å². The van der Waals surface area contributed by atoms with Gasteiger partial charge in [-0.25, -0.2) is 0 Å². The van der Waals surface area contributed by atoms with Crippen molar-refractivity contribution in [3.63, 3.8) is 0 Å². The Morgan fingerprint density at radius 2 is 1.67 bits per heavy atom. The van der Waals surface area contributed by atoms with E-state index in [-0.39, 0.29) is 11.9 Å². The highest BCUT2D eigenvalue weighted by atomic mass is 16.5. The summed E-state index contributed by atoms with van der Waals surface area (Å²) in [7, 11) is 0. The second-order valence-corrected chi connectivity index (χ2v) is 4.68.